The Hall–Kier alpha value is -3.03. The van der Waals surface area contributed by atoms with E-state index in [0.717, 1.165) is 12.1 Å². The number of nitrogens with one attached hydrogen (secondary N) is 1. The van der Waals surface area contributed by atoms with Gasteiger partial charge in [0, 0.05) is 17.9 Å². The molecule has 1 aliphatic heterocycles. The molecule has 2 aromatic rings. The molecule has 1 aliphatic rings. The molecule has 0 spiro atoms. The van der Waals surface area contributed by atoms with E-state index >= 15 is 0 Å². The highest BCUT2D eigenvalue weighted by molar-refractivity contribution is 6.13. The Kier molecular flexibility index (Phi) is 5.07. The summed E-state index contributed by atoms with van der Waals surface area (Å²) in [5.41, 5.74) is 0.0843. The van der Waals surface area contributed by atoms with E-state index < -0.39 is 29.5 Å². The first-order chi connectivity index (χ1) is 12.8. The molecule has 0 aliphatic carbocycles. The van der Waals surface area contributed by atoms with Crippen molar-refractivity contribution in [2.75, 3.05) is 23.9 Å². The molecule has 5 nitrogen and oxygen atoms in total. The molecule has 0 radical (unpaired) electrons. The minimum Gasteiger partial charge on any atom is -0.497 e. The van der Waals surface area contributed by atoms with E-state index in [1.165, 1.54) is 24.1 Å². The van der Waals surface area contributed by atoms with Crippen LogP contribution < -0.4 is 15.0 Å². The van der Waals surface area contributed by atoms with Crippen LogP contribution in [0.25, 0.3) is 0 Å². The van der Waals surface area contributed by atoms with Crippen LogP contribution in [0, 0.1) is 5.92 Å². The number of anilines is 2. The second kappa shape index (κ2) is 7.30. The molecule has 1 N–H and O–H groups in total. The zero-order chi connectivity index (χ0) is 19.6. The molecule has 1 heterocycles. The Morgan fingerprint density at radius 3 is 2.30 bits per heavy atom. The second-order valence-electron chi connectivity index (χ2n) is 6.09. The van der Waals surface area contributed by atoms with Crippen LogP contribution in [0.3, 0.4) is 0 Å². The smallest absolute Gasteiger partial charge is 0.416 e. The molecule has 8 heteroatoms. The molecule has 1 fully saturated rings. The van der Waals surface area contributed by atoms with E-state index in [1.807, 2.05) is 0 Å². The van der Waals surface area contributed by atoms with Gasteiger partial charge in [-0.2, -0.15) is 13.2 Å². The molecule has 3 rings (SSSR count). The van der Waals surface area contributed by atoms with E-state index in [9.17, 15) is 22.8 Å². The maximum absolute atomic E-state index is 12.7. The minimum atomic E-state index is -4.44. The molecule has 142 valence electrons. The van der Waals surface area contributed by atoms with Gasteiger partial charge in [0.15, 0.2) is 0 Å². The number of ether oxygens (including phenoxy) is 1. The lowest BCUT2D eigenvalue weighted by atomic mass is 10.1. The van der Waals surface area contributed by atoms with Gasteiger partial charge in [-0.1, -0.05) is 0 Å². The quantitative estimate of drug-likeness (QED) is 0.826. The Morgan fingerprint density at radius 2 is 1.74 bits per heavy atom. The van der Waals surface area contributed by atoms with Crippen LogP contribution in [0.1, 0.15) is 12.0 Å². The average molecular weight is 378 g/mol. The van der Waals surface area contributed by atoms with Gasteiger partial charge in [0.1, 0.15) is 11.7 Å². The van der Waals surface area contributed by atoms with Gasteiger partial charge in [-0.3, -0.25) is 9.59 Å². The topological polar surface area (TPSA) is 58.6 Å². The third kappa shape index (κ3) is 4.05. The van der Waals surface area contributed by atoms with Gasteiger partial charge in [0.25, 0.3) is 0 Å². The lowest BCUT2D eigenvalue weighted by molar-refractivity contribution is -0.137. The summed E-state index contributed by atoms with van der Waals surface area (Å²) in [6, 6.07) is 11.0. The summed E-state index contributed by atoms with van der Waals surface area (Å²) in [6.45, 7) is 0.269. The van der Waals surface area contributed by atoms with Crippen molar-refractivity contribution < 1.29 is 27.5 Å². The van der Waals surface area contributed by atoms with Gasteiger partial charge in [-0.25, -0.2) is 0 Å². The molecule has 0 bridgehead atoms. The van der Waals surface area contributed by atoms with Crippen LogP contribution >= 0.6 is 0 Å². The predicted molar refractivity (Wildman–Crippen MR) is 93.5 cm³/mol. The fourth-order valence-corrected chi connectivity index (χ4v) is 2.91. The van der Waals surface area contributed by atoms with Crippen molar-refractivity contribution in [1.82, 2.24) is 0 Å². The van der Waals surface area contributed by atoms with E-state index in [4.69, 9.17) is 4.74 Å². The van der Waals surface area contributed by atoms with Gasteiger partial charge in [-0.15, -0.1) is 0 Å². The fraction of sp³-hybridized carbons (Fsp3) is 0.263. The van der Waals surface area contributed by atoms with Crippen molar-refractivity contribution >= 4 is 23.2 Å². The minimum absolute atomic E-state index is 0.269. The number of halogens is 3. The van der Waals surface area contributed by atoms with Crippen LogP contribution in [0.4, 0.5) is 24.5 Å². The van der Waals surface area contributed by atoms with Crippen molar-refractivity contribution in [3.63, 3.8) is 0 Å². The summed E-state index contributed by atoms with van der Waals surface area (Å²) < 4.78 is 43.0. The van der Waals surface area contributed by atoms with Crippen LogP contribution in [0.2, 0.25) is 0 Å². The van der Waals surface area contributed by atoms with Gasteiger partial charge in [0.05, 0.1) is 12.7 Å². The molecule has 0 aromatic heterocycles. The maximum atomic E-state index is 12.7. The van der Waals surface area contributed by atoms with Crippen LogP contribution in [-0.2, 0) is 15.8 Å². The second-order valence-corrected chi connectivity index (χ2v) is 6.09. The van der Waals surface area contributed by atoms with Gasteiger partial charge >= 0.3 is 6.18 Å². The third-order valence-electron chi connectivity index (χ3n) is 4.39. The third-order valence-corrected chi connectivity index (χ3v) is 4.39. The Balaban J connectivity index is 1.67. The summed E-state index contributed by atoms with van der Waals surface area (Å²) in [7, 11) is 1.53. The highest BCUT2D eigenvalue weighted by Crippen LogP contribution is 2.32. The van der Waals surface area contributed by atoms with E-state index in [0.29, 0.717) is 23.5 Å². The molecule has 0 saturated carbocycles. The molecule has 0 unspecified atom stereocenters. The van der Waals surface area contributed by atoms with Crippen LogP contribution in [0.5, 0.6) is 5.75 Å². The van der Waals surface area contributed by atoms with Crippen molar-refractivity contribution in [3.8, 4) is 5.75 Å². The molecule has 1 saturated heterocycles. The monoisotopic (exact) mass is 378 g/mol. The van der Waals surface area contributed by atoms with E-state index in [2.05, 4.69) is 5.32 Å². The number of carbonyl (C=O) groups excluding carboxylic acids is 2. The number of methoxy groups -OCH3 is 1. The first kappa shape index (κ1) is 18.8. The van der Waals surface area contributed by atoms with E-state index in [1.54, 1.807) is 24.3 Å². The number of alkyl halides is 3. The Bertz CT molecular complexity index is 833. The Morgan fingerprint density at radius 1 is 1.11 bits per heavy atom. The number of nitrogens with zero attached hydrogens (tertiary/aromatic N) is 1. The van der Waals surface area contributed by atoms with Crippen molar-refractivity contribution in [2.45, 2.75) is 12.6 Å². The predicted octanol–water partition coefficient (Wildman–Crippen LogP) is 3.71. The lowest BCUT2D eigenvalue weighted by Crippen LogP contribution is -2.33. The highest BCUT2D eigenvalue weighted by atomic mass is 19.4. The summed E-state index contributed by atoms with van der Waals surface area (Å²) in [6.07, 6.45) is -4.14. The van der Waals surface area contributed by atoms with Gasteiger partial charge in [-0.05, 0) is 55.0 Å². The van der Waals surface area contributed by atoms with E-state index in [-0.39, 0.29) is 6.54 Å². The van der Waals surface area contributed by atoms with Crippen LogP contribution in [-0.4, -0.2) is 25.5 Å². The SMILES string of the molecule is COc1ccc(NC(=O)[C@@H]2CCN(c3ccc(C(F)(F)F)cc3)C2=O)cc1. The van der Waals surface area contributed by atoms with Crippen molar-refractivity contribution in [2.24, 2.45) is 5.92 Å². The van der Waals surface area contributed by atoms with Crippen molar-refractivity contribution in [1.29, 1.82) is 0 Å². The number of carbonyl (C=O) groups is 2. The zero-order valence-electron chi connectivity index (χ0n) is 14.4. The summed E-state index contributed by atoms with van der Waals surface area (Å²) >= 11 is 0. The molecular weight excluding hydrogens is 361 g/mol. The highest BCUT2D eigenvalue weighted by Gasteiger charge is 2.38. The number of rotatable bonds is 4. The lowest BCUT2D eigenvalue weighted by Gasteiger charge is -2.17. The molecular formula is C19H17F3N2O3. The molecule has 1 atom stereocenters. The number of benzene rings is 2. The molecule has 27 heavy (non-hydrogen) atoms. The summed E-state index contributed by atoms with van der Waals surface area (Å²) in [5, 5.41) is 2.68. The van der Waals surface area contributed by atoms with Crippen LogP contribution in [0.15, 0.2) is 48.5 Å². The summed E-state index contributed by atoms with van der Waals surface area (Å²) in [4.78, 5) is 26.3. The normalized spacial score (nSPS) is 17.1. The number of hydrogen-bond donors (Lipinski definition) is 1. The largest absolute Gasteiger partial charge is 0.497 e. The van der Waals surface area contributed by atoms with Gasteiger partial charge < -0.3 is 15.0 Å². The average Bonchev–Trinajstić information content (AvgIpc) is 3.03. The molecule has 2 aromatic carbocycles. The maximum Gasteiger partial charge on any atom is 0.416 e. The number of amides is 2. The van der Waals surface area contributed by atoms with Gasteiger partial charge in [0.2, 0.25) is 11.8 Å². The molecule has 2 amide bonds. The standard InChI is InChI=1S/C19H17F3N2O3/c1-27-15-8-4-13(5-9-15)23-17(25)16-10-11-24(18(16)26)14-6-2-12(3-7-14)19(20,21)22/h2-9,16H,10-11H2,1H3,(H,23,25)/t16-/m0/s1. The number of hydrogen-bond acceptors (Lipinski definition) is 3. The first-order valence-electron chi connectivity index (χ1n) is 8.23. The first-order valence-corrected chi connectivity index (χ1v) is 8.23. The fourth-order valence-electron chi connectivity index (χ4n) is 2.91. The Labute approximate surface area is 153 Å². The van der Waals surface area contributed by atoms with Crippen molar-refractivity contribution in [3.05, 3.63) is 54.1 Å². The zero-order valence-corrected chi connectivity index (χ0v) is 14.4. The summed E-state index contributed by atoms with van der Waals surface area (Å²) in [5.74, 6) is -1.12.